The fourth-order valence-electron chi connectivity index (χ4n) is 3.11. The lowest BCUT2D eigenvalue weighted by atomic mass is 10.0. The third-order valence-corrected chi connectivity index (χ3v) is 4.50. The van der Waals surface area contributed by atoms with Crippen molar-refractivity contribution in [2.45, 2.75) is 6.04 Å². The molecule has 1 atom stereocenters. The van der Waals surface area contributed by atoms with Crippen molar-refractivity contribution >= 4 is 11.8 Å². The Labute approximate surface area is 155 Å². The third-order valence-electron chi connectivity index (χ3n) is 4.50. The van der Waals surface area contributed by atoms with Crippen molar-refractivity contribution in [1.29, 1.82) is 0 Å². The molecular formula is C21H17NO5. The van der Waals surface area contributed by atoms with E-state index in [4.69, 9.17) is 13.9 Å². The summed E-state index contributed by atoms with van der Waals surface area (Å²) in [7, 11) is 1.58. The van der Waals surface area contributed by atoms with Gasteiger partial charge in [-0.05, 0) is 42.0 Å². The van der Waals surface area contributed by atoms with Crippen molar-refractivity contribution in [2.75, 3.05) is 13.7 Å². The summed E-state index contributed by atoms with van der Waals surface area (Å²) in [6, 6.07) is 16.7. The van der Waals surface area contributed by atoms with Crippen LogP contribution in [0.4, 0.5) is 0 Å². The van der Waals surface area contributed by atoms with Crippen molar-refractivity contribution in [2.24, 2.45) is 0 Å². The fraction of sp³-hybridized carbons (Fsp3) is 0.143. The molecule has 1 aromatic heterocycles. The third kappa shape index (κ3) is 3.06. The fourth-order valence-corrected chi connectivity index (χ4v) is 3.11. The summed E-state index contributed by atoms with van der Waals surface area (Å²) >= 11 is 0. The number of methoxy groups -OCH3 is 1. The first kappa shape index (κ1) is 16.9. The Balaban J connectivity index is 1.80. The molecule has 2 heterocycles. The topological polar surface area (TPSA) is 69.0 Å². The van der Waals surface area contributed by atoms with E-state index in [9.17, 15) is 9.59 Å². The molecule has 3 aromatic rings. The van der Waals surface area contributed by atoms with Gasteiger partial charge in [0.2, 0.25) is 0 Å². The van der Waals surface area contributed by atoms with Gasteiger partial charge in [-0.15, -0.1) is 0 Å². The van der Waals surface area contributed by atoms with Crippen molar-refractivity contribution in [1.82, 2.24) is 4.90 Å². The van der Waals surface area contributed by atoms with Crippen LogP contribution in [-0.4, -0.2) is 30.4 Å². The summed E-state index contributed by atoms with van der Waals surface area (Å²) in [5, 5.41) is 0. The van der Waals surface area contributed by atoms with Crippen molar-refractivity contribution < 1.29 is 23.5 Å². The van der Waals surface area contributed by atoms with E-state index in [0.29, 0.717) is 17.1 Å². The second-order valence-electron chi connectivity index (χ2n) is 6.05. The summed E-state index contributed by atoms with van der Waals surface area (Å²) in [5.74, 6) is 0.306. The van der Waals surface area contributed by atoms with Gasteiger partial charge in [-0.2, -0.15) is 0 Å². The van der Waals surface area contributed by atoms with Crippen LogP contribution in [0, 0.1) is 0 Å². The van der Waals surface area contributed by atoms with E-state index in [0.717, 1.165) is 5.56 Å². The summed E-state index contributed by atoms with van der Waals surface area (Å²) in [6.45, 7) is 0.140. The number of para-hydroxylation sites is 1. The second kappa shape index (κ2) is 6.99. The molecule has 136 valence electrons. The molecule has 0 aliphatic carbocycles. The molecule has 0 N–H and O–H groups in total. The van der Waals surface area contributed by atoms with Gasteiger partial charge >= 0.3 is 0 Å². The number of benzene rings is 2. The number of hydrogen-bond donors (Lipinski definition) is 0. The normalized spacial score (nSPS) is 16.3. The first-order valence-corrected chi connectivity index (χ1v) is 8.46. The molecule has 1 aliphatic rings. The molecule has 0 fully saturated rings. The first-order chi connectivity index (χ1) is 13.2. The summed E-state index contributed by atoms with van der Waals surface area (Å²) in [6.07, 6.45) is 1.41. The molecule has 2 aromatic carbocycles. The SMILES string of the molecule is COc1ccc(C2COc3ccccc3C(=O)N2C(=O)c2ccco2)cc1. The lowest BCUT2D eigenvalue weighted by Gasteiger charge is -2.27. The van der Waals surface area contributed by atoms with Crippen LogP contribution in [0.3, 0.4) is 0 Å². The lowest BCUT2D eigenvalue weighted by Crippen LogP contribution is -2.40. The molecular weight excluding hydrogens is 346 g/mol. The molecule has 2 amide bonds. The number of imide groups is 1. The Kier molecular flexibility index (Phi) is 4.38. The Morgan fingerprint density at radius 2 is 1.85 bits per heavy atom. The molecule has 0 bridgehead atoms. The van der Waals surface area contributed by atoms with Gasteiger partial charge in [-0.1, -0.05) is 24.3 Å². The molecule has 6 nitrogen and oxygen atoms in total. The zero-order valence-corrected chi connectivity index (χ0v) is 14.6. The minimum atomic E-state index is -0.603. The summed E-state index contributed by atoms with van der Waals surface area (Å²) < 4.78 is 16.3. The number of amides is 2. The summed E-state index contributed by atoms with van der Waals surface area (Å²) in [5.41, 5.74) is 1.10. The van der Waals surface area contributed by atoms with E-state index in [1.165, 1.54) is 11.2 Å². The second-order valence-corrected chi connectivity index (χ2v) is 6.05. The van der Waals surface area contributed by atoms with Gasteiger partial charge in [0.15, 0.2) is 5.76 Å². The minimum Gasteiger partial charge on any atom is -0.497 e. The van der Waals surface area contributed by atoms with E-state index in [-0.39, 0.29) is 12.4 Å². The van der Waals surface area contributed by atoms with Crippen molar-refractivity contribution in [3.63, 3.8) is 0 Å². The Bertz CT molecular complexity index is 963. The van der Waals surface area contributed by atoms with E-state index in [1.807, 2.05) is 12.1 Å². The van der Waals surface area contributed by atoms with Gasteiger partial charge in [0.1, 0.15) is 18.1 Å². The number of fused-ring (bicyclic) bond motifs is 1. The Morgan fingerprint density at radius 1 is 1.07 bits per heavy atom. The van der Waals surface area contributed by atoms with Crippen LogP contribution >= 0.6 is 0 Å². The maximum atomic E-state index is 13.2. The number of carbonyl (C=O) groups excluding carboxylic acids is 2. The molecule has 0 saturated carbocycles. The van der Waals surface area contributed by atoms with Gasteiger partial charge in [0.25, 0.3) is 11.8 Å². The van der Waals surface area contributed by atoms with E-state index in [2.05, 4.69) is 0 Å². The van der Waals surface area contributed by atoms with Crippen molar-refractivity contribution in [3.05, 3.63) is 83.8 Å². The predicted octanol–water partition coefficient (Wildman–Crippen LogP) is 3.70. The molecule has 6 heteroatoms. The van der Waals surface area contributed by atoms with Crippen LogP contribution in [0.5, 0.6) is 11.5 Å². The number of hydrogen-bond acceptors (Lipinski definition) is 5. The Hall–Kier alpha value is -3.54. The highest BCUT2D eigenvalue weighted by atomic mass is 16.5. The van der Waals surface area contributed by atoms with Crippen molar-refractivity contribution in [3.8, 4) is 11.5 Å². The quantitative estimate of drug-likeness (QED) is 0.664. The van der Waals surface area contributed by atoms with Crippen LogP contribution in [0.25, 0.3) is 0 Å². The van der Waals surface area contributed by atoms with Gasteiger partial charge in [0, 0.05) is 0 Å². The largest absolute Gasteiger partial charge is 0.497 e. The highest BCUT2D eigenvalue weighted by Crippen LogP contribution is 2.33. The van der Waals surface area contributed by atoms with Gasteiger partial charge in [-0.25, -0.2) is 0 Å². The molecule has 27 heavy (non-hydrogen) atoms. The molecule has 4 rings (SSSR count). The minimum absolute atomic E-state index is 0.0984. The van der Waals surface area contributed by atoms with Crippen LogP contribution in [0.15, 0.2) is 71.3 Å². The van der Waals surface area contributed by atoms with Gasteiger partial charge in [-0.3, -0.25) is 14.5 Å². The van der Waals surface area contributed by atoms with E-state index < -0.39 is 17.9 Å². The van der Waals surface area contributed by atoms with Crippen LogP contribution in [0.1, 0.15) is 32.5 Å². The Morgan fingerprint density at radius 3 is 2.56 bits per heavy atom. The molecule has 0 saturated heterocycles. The monoisotopic (exact) mass is 363 g/mol. The summed E-state index contributed by atoms with van der Waals surface area (Å²) in [4.78, 5) is 27.5. The predicted molar refractivity (Wildman–Crippen MR) is 96.9 cm³/mol. The highest BCUT2D eigenvalue weighted by Gasteiger charge is 2.37. The van der Waals surface area contributed by atoms with Crippen LogP contribution in [-0.2, 0) is 0 Å². The van der Waals surface area contributed by atoms with E-state index in [1.54, 1.807) is 55.6 Å². The number of ether oxygens (including phenoxy) is 2. The smallest absolute Gasteiger partial charge is 0.297 e. The van der Waals surface area contributed by atoms with Gasteiger partial charge in [0.05, 0.1) is 25.0 Å². The standard InChI is InChI=1S/C21H17NO5/c1-25-15-10-8-14(9-11-15)17-13-27-18-6-3-2-5-16(18)20(23)22(17)21(24)19-7-4-12-26-19/h2-12,17H,13H2,1H3. The average molecular weight is 363 g/mol. The zero-order valence-electron chi connectivity index (χ0n) is 14.6. The van der Waals surface area contributed by atoms with Crippen LogP contribution < -0.4 is 9.47 Å². The van der Waals surface area contributed by atoms with Crippen LogP contribution in [0.2, 0.25) is 0 Å². The molecule has 1 aliphatic heterocycles. The zero-order chi connectivity index (χ0) is 18.8. The first-order valence-electron chi connectivity index (χ1n) is 8.46. The van der Waals surface area contributed by atoms with Gasteiger partial charge < -0.3 is 13.9 Å². The highest BCUT2D eigenvalue weighted by molar-refractivity contribution is 6.11. The molecule has 1 unspecified atom stereocenters. The lowest BCUT2D eigenvalue weighted by molar-refractivity contribution is 0.0499. The number of furan rings is 1. The molecule has 0 radical (unpaired) electrons. The number of rotatable bonds is 3. The number of carbonyl (C=O) groups is 2. The van der Waals surface area contributed by atoms with E-state index >= 15 is 0 Å². The molecule has 0 spiro atoms. The maximum absolute atomic E-state index is 13.2. The number of nitrogens with zero attached hydrogens (tertiary/aromatic N) is 1. The maximum Gasteiger partial charge on any atom is 0.297 e. The average Bonchev–Trinajstić information content (AvgIpc) is 3.21.